The maximum Gasteiger partial charge on any atom is 0.176 e. The van der Waals surface area contributed by atoms with Gasteiger partial charge in [-0.15, -0.1) is 17.5 Å². The zero-order valence-electron chi connectivity index (χ0n) is 17.6. The molecule has 8 heteroatoms. The van der Waals surface area contributed by atoms with E-state index in [9.17, 15) is 0 Å². The summed E-state index contributed by atoms with van der Waals surface area (Å²) in [4.78, 5) is 0. The Hall–Kier alpha value is -3.58. The highest BCUT2D eigenvalue weighted by molar-refractivity contribution is 6.02. The van der Waals surface area contributed by atoms with E-state index < -0.39 is 0 Å². The first-order valence-electron chi connectivity index (χ1n) is 9.68. The monoisotopic (exact) mass is 440 g/mol. The van der Waals surface area contributed by atoms with Gasteiger partial charge in [-0.25, -0.2) is 0 Å². The molecule has 0 spiro atoms. The Kier molecular flexibility index (Phi) is 7.10. The molecule has 4 rings (SSSR count). The molecule has 0 amide bonds. The van der Waals surface area contributed by atoms with Crippen LogP contribution in [0.1, 0.15) is 12.5 Å². The number of hydrogen-bond acceptors (Lipinski definition) is 7. The number of nitrogens with zero attached hydrogens (tertiary/aromatic N) is 3. The quantitative estimate of drug-likeness (QED) is 0.578. The molecule has 3 aromatic rings. The van der Waals surface area contributed by atoms with Crippen LogP contribution in [-0.2, 0) is 0 Å². The summed E-state index contributed by atoms with van der Waals surface area (Å²) in [6.07, 6.45) is 0. The Morgan fingerprint density at radius 3 is 1.77 bits per heavy atom. The Labute approximate surface area is 188 Å². The number of methoxy groups -OCH3 is 2. The lowest BCUT2D eigenvalue weighted by atomic mass is 10.2. The molecule has 0 aromatic heterocycles. The minimum absolute atomic E-state index is 0. The number of hydrazone groups is 1. The van der Waals surface area contributed by atoms with Gasteiger partial charge in [-0.3, -0.25) is 5.43 Å². The molecule has 162 valence electrons. The van der Waals surface area contributed by atoms with Crippen molar-refractivity contribution in [3.63, 3.8) is 0 Å². The predicted molar refractivity (Wildman–Crippen MR) is 125 cm³/mol. The van der Waals surface area contributed by atoms with Crippen LogP contribution in [0.15, 0.2) is 77.9 Å². The smallest absolute Gasteiger partial charge is 0.176 e. The molecule has 7 nitrogen and oxygen atoms in total. The summed E-state index contributed by atoms with van der Waals surface area (Å²) in [5.41, 5.74) is 6.14. The SMILES string of the molecule is CCOc1ccc(C2=NN(c3ccc(OC)cc3)N(c3ccc(OC)cc3)N2)cc1.Cl. The summed E-state index contributed by atoms with van der Waals surface area (Å²) in [6.45, 7) is 2.60. The van der Waals surface area contributed by atoms with Gasteiger partial charge in [-0.05, 0) is 79.7 Å². The second-order valence-corrected chi connectivity index (χ2v) is 6.52. The predicted octanol–water partition coefficient (Wildman–Crippen LogP) is 4.63. The first kappa shape index (κ1) is 22.1. The lowest BCUT2D eigenvalue weighted by Crippen LogP contribution is -2.44. The number of benzene rings is 3. The van der Waals surface area contributed by atoms with Gasteiger partial charge < -0.3 is 14.2 Å². The van der Waals surface area contributed by atoms with E-state index in [1.807, 2.05) is 90.0 Å². The van der Waals surface area contributed by atoms with Crippen LogP contribution in [0, 0.1) is 0 Å². The molecular weight excluding hydrogens is 416 g/mol. The summed E-state index contributed by atoms with van der Waals surface area (Å²) in [7, 11) is 3.30. The second kappa shape index (κ2) is 9.95. The molecule has 0 saturated carbocycles. The van der Waals surface area contributed by atoms with E-state index >= 15 is 0 Å². The summed E-state index contributed by atoms with van der Waals surface area (Å²) >= 11 is 0. The fourth-order valence-corrected chi connectivity index (χ4v) is 3.09. The number of hydrazine groups is 2. The number of anilines is 2. The van der Waals surface area contributed by atoms with E-state index in [4.69, 9.17) is 19.3 Å². The maximum atomic E-state index is 5.54. The highest BCUT2D eigenvalue weighted by atomic mass is 35.5. The van der Waals surface area contributed by atoms with Gasteiger partial charge in [0.1, 0.15) is 17.2 Å². The molecule has 1 aliphatic heterocycles. The van der Waals surface area contributed by atoms with Crippen LogP contribution in [0.4, 0.5) is 11.4 Å². The molecule has 1 aliphatic rings. The zero-order valence-corrected chi connectivity index (χ0v) is 18.4. The Morgan fingerprint density at radius 2 is 1.26 bits per heavy atom. The second-order valence-electron chi connectivity index (χ2n) is 6.52. The Bertz CT molecular complexity index is 1010. The van der Waals surface area contributed by atoms with Crippen molar-refractivity contribution >= 4 is 29.6 Å². The molecule has 31 heavy (non-hydrogen) atoms. The number of nitrogens with one attached hydrogen (secondary N) is 1. The van der Waals surface area contributed by atoms with Gasteiger partial charge in [0, 0.05) is 5.56 Å². The van der Waals surface area contributed by atoms with Crippen molar-refractivity contribution in [2.75, 3.05) is 31.1 Å². The minimum atomic E-state index is 0. The van der Waals surface area contributed by atoms with E-state index in [-0.39, 0.29) is 12.4 Å². The van der Waals surface area contributed by atoms with Crippen LogP contribution in [0.5, 0.6) is 17.2 Å². The average molecular weight is 441 g/mol. The largest absolute Gasteiger partial charge is 0.497 e. The van der Waals surface area contributed by atoms with Crippen LogP contribution < -0.4 is 29.9 Å². The summed E-state index contributed by atoms with van der Waals surface area (Å²) in [5, 5.41) is 8.51. The van der Waals surface area contributed by atoms with E-state index in [2.05, 4.69) is 5.43 Å². The van der Waals surface area contributed by atoms with Crippen molar-refractivity contribution in [1.29, 1.82) is 0 Å². The lowest BCUT2D eigenvalue weighted by Gasteiger charge is -2.28. The van der Waals surface area contributed by atoms with Gasteiger partial charge in [0.25, 0.3) is 0 Å². The first-order chi connectivity index (χ1) is 14.7. The van der Waals surface area contributed by atoms with Crippen LogP contribution in [0.3, 0.4) is 0 Å². The van der Waals surface area contributed by atoms with Gasteiger partial charge in [0.05, 0.1) is 32.2 Å². The Balaban J connectivity index is 0.00000272. The Morgan fingerprint density at radius 1 is 0.742 bits per heavy atom. The van der Waals surface area contributed by atoms with Crippen LogP contribution in [0.2, 0.25) is 0 Å². The first-order valence-corrected chi connectivity index (χ1v) is 9.68. The highest BCUT2D eigenvalue weighted by Gasteiger charge is 2.26. The van der Waals surface area contributed by atoms with Crippen LogP contribution in [0.25, 0.3) is 0 Å². The van der Waals surface area contributed by atoms with Crippen LogP contribution in [-0.4, -0.2) is 26.7 Å². The molecule has 1 heterocycles. The summed E-state index contributed by atoms with van der Waals surface area (Å²) in [6, 6.07) is 23.4. The molecule has 0 bridgehead atoms. The van der Waals surface area contributed by atoms with Crippen molar-refractivity contribution < 1.29 is 14.2 Å². The maximum absolute atomic E-state index is 5.54. The lowest BCUT2D eigenvalue weighted by molar-refractivity contribution is 0.340. The van der Waals surface area contributed by atoms with Gasteiger partial charge in [0.2, 0.25) is 0 Å². The number of ether oxygens (including phenoxy) is 3. The van der Waals surface area contributed by atoms with Crippen molar-refractivity contribution in [3.05, 3.63) is 78.4 Å². The van der Waals surface area contributed by atoms with E-state index in [0.29, 0.717) is 6.61 Å². The van der Waals surface area contributed by atoms with Crippen molar-refractivity contribution in [3.8, 4) is 17.2 Å². The molecule has 0 saturated heterocycles. The molecule has 0 unspecified atom stereocenters. The van der Waals surface area contributed by atoms with Gasteiger partial charge in [-0.1, -0.05) is 0 Å². The zero-order chi connectivity index (χ0) is 20.9. The molecule has 0 aliphatic carbocycles. The van der Waals surface area contributed by atoms with E-state index in [0.717, 1.165) is 40.0 Å². The highest BCUT2D eigenvalue weighted by Crippen LogP contribution is 2.28. The minimum Gasteiger partial charge on any atom is -0.497 e. The molecule has 1 N–H and O–H groups in total. The third-order valence-electron chi connectivity index (χ3n) is 4.66. The van der Waals surface area contributed by atoms with Crippen molar-refractivity contribution in [1.82, 2.24) is 5.43 Å². The topological polar surface area (TPSA) is 58.6 Å². The van der Waals surface area contributed by atoms with E-state index in [1.165, 1.54) is 0 Å². The van der Waals surface area contributed by atoms with Gasteiger partial charge >= 0.3 is 0 Å². The summed E-state index contributed by atoms with van der Waals surface area (Å²) < 4.78 is 16.1. The van der Waals surface area contributed by atoms with Crippen molar-refractivity contribution in [2.24, 2.45) is 5.10 Å². The molecule has 0 fully saturated rings. The average Bonchev–Trinajstić information content (AvgIpc) is 3.25. The normalized spacial score (nSPS) is 12.5. The molecule has 0 radical (unpaired) electrons. The number of hydrogen-bond donors (Lipinski definition) is 1. The number of halogens is 1. The standard InChI is InChI=1S/C23H24N4O3.ClH/c1-4-30-22-11-5-17(6-12-22)23-24-26(18-7-13-20(28-2)14-8-18)27(25-23)19-9-15-21(29-3)16-10-19;/h5-16H,4H2,1-3H3,(H,24,25);1H. The number of rotatable bonds is 7. The van der Waals surface area contributed by atoms with Crippen LogP contribution >= 0.6 is 12.4 Å². The third-order valence-corrected chi connectivity index (χ3v) is 4.66. The summed E-state index contributed by atoms with van der Waals surface area (Å²) in [5.74, 6) is 3.14. The molecular formula is C23H25ClN4O3. The fourth-order valence-electron chi connectivity index (χ4n) is 3.09. The van der Waals surface area contributed by atoms with Gasteiger partial charge in [0.15, 0.2) is 5.84 Å². The third kappa shape index (κ3) is 4.78. The molecule has 0 atom stereocenters. The molecule has 3 aromatic carbocycles. The fraction of sp³-hybridized carbons (Fsp3) is 0.174. The van der Waals surface area contributed by atoms with E-state index in [1.54, 1.807) is 14.2 Å². The van der Waals surface area contributed by atoms with Gasteiger partial charge in [-0.2, -0.15) is 10.2 Å². The number of amidine groups is 1. The van der Waals surface area contributed by atoms with Crippen molar-refractivity contribution in [2.45, 2.75) is 6.92 Å².